The first kappa shape index (κ1) is 11.6. The van der Waals surface area contributed by atoms with E-state index in [0.717, 1.165) is 22.1 Å². The van der Waals surface area contributed by atoms with Crippen molar-refractivity contribution in [2.45, 2.75) is 6.92 Å². The minimum Gasteiger partial charge on any atom is -0.508 e. The average molecular weight is 249 g/mol. The molecule has 2 N–H and O–H groups in total. The van der Waals surface area contributed by atoms with Gasteiger partial charge in [-0.25, -0.2) is 0 Å². The summed E-state index contributed by atoms with van der Waals surface area (Å²) >= 11 is 0. The summed E-state index contributed by atoms with van der Waals surface area (Å²) in [4.78, 5) is 0. The third-order valence-corrected chi connectivity index (χ3v) is 3.25. The highest BCUT2D eigenvalue weighted by atomic mass is 16.3. The van der Waals surface area contributed by atoms with Crippen molar-refractivity contribution in [3.05, 3.63) is 66.2 Å². The number of para-hydroxylation sites is 1. The van der Waals surface area contributed by atoms with Crippen LogP contribution in [0, 0.1) is 6.92 Å². The van der Waals surface area contributed by atoms with Crippen LogP contribution in [0.4, 0.5) is 11.4 Å². The van der Waals surface area contributed by atoms with Crippen molar-refractivity contribution in [2.75, 3.05) is 5.32 Å². The van der Waals surface area contributed by atoms with Crippen LogP contribution in [0.5, 0.6) is 5.75 Å². The number of benzene rings is 3. The molecule has 3 aromatic carbocycles. The Morgan fingerprint density at radius 3 is 2.47 bits per heavy atom. The second-order valence-electron chi connectivity index (χ2n) is 4.69. The summed E-state index contributed by atoms with van der Waals surface area (Å²) in [6.45, 7) is 2.08. The number of phenols is 1. The molecular formula is C17H15NO. The lowest BCUT2D eigenvalue weighted by molar-refractivity contribution is 0.476. The van der Waals surface area contributed by atoms with Crippen LogP contribution >= 0.6 is 0 Å². The highest BCUT2D eigenvalue weighted by molar-refractivity contribution is 5.87. The molecule has 0 saturated heterocycles. The monoisotopic (exact) mass is 249 g/mol. The average Bonchev–Trinajstić information content (AvgIpc) is 2.41. The Kier molecular flexibility index (Phi) is 2.84. The summed E-state index contributed by atoms with van der Waals surface area (Å²) in [7, 11) is 0. The van der Waals surface area contributed by atoms with Gasteiger partial charge in [0.25, 0.3) is 0 Å². The first-order valence-corrected chi connectivity index (χ1v) is 6.28. The molecule has 0 radical (unpaired) electrons. The van der Waals surface area contributed by atoms with Gasteiger partial charge in [-0.05, 0) is 53.6 Å². The van der Waals surface area contributed by atoms with Crippen molar-refractivity contribution >= 4 is 22.1 Å². The maximum absolute atomic E-state index is 9.53. The predicted octanol–water partition coefficient (Wildman–Crippen LogP) is 4.60. The number of anilines is 2. The van der Waals surface area contributed by atoms with Gasteiger partial charge >= 0.3 is 0 Å². The smallest absolute Gasteiger partial charge is 0.116 e. The molecule has 0 aliphatic heterocycles. The van der Waals surface area contributed by atoms with Crippen LogP contribution in [0.3, 0.4) is 0 Å². The second-order valence-corrected chi connectivity index (χ2v) is 4.69. The van der Waals surface area contributed by atoms with Crippen molar-refractivity contribution in [1.82, 2.24) is 0 Å². The second kappa shape index (κ2) is 4.65. The number of hydrogen-bond donors (Lipinski definition) is 2. The van der Waals surface area contributed by atoms with E-state index in [1.165, 1.54) is 5.56 Å². The van der Waals surface area contributed by atoms with Gasteiger partial charge < -0.3 is 10.4 Å². The van der Waals surface area contributed by atoms with Gasteiger partial charge in [0.15, 0.2) is 0 Å². The fourth-order valence-electron chi connectivity index (χ4n) is 2.18. The molecule has 0 saturated carbocycles. The first-order chi connectivity index (χ1) is 9.22. The third-order valence-electron chi connectivity index (χ3n) is 3.25. The molecule has 0 aliphatic rings. The molecule has 2 nitrogen and oxygen atoms in total. The van der Waals surface area contributed by atoms with Gasteiger partial charge in [0, 0.05) is 11.4 Å². The molecule has 0 aliphatic carbocycles. The van der Waals surface area contributed by atoms with Gasteiger partial charge in [-0.2, -0.15) is 0 Å². The summed E-state index contributed by atoms with van der Waals surface area (Å²) in [5.41, 5.74) is 3.33. The third kappa shape index (κ3) is 2.38. The zero-order chi connectivity index (χ0) is 13.2. The van der Waals surface area contributed by atoms with Crippen LogP contribution in [-0.2, 0) is 0 Å². The van der Waals surface area contributed by atoms with Gasteiger partial charge in [-0.1, -0.05) is 30.3 Å². The van der Waals surface area contributed by atoms with E-state index in [0.29, 0.717) is 5.75 Å². The zero-order valence-electron chi connectivity index (χ0n) is 10.7. The Morgan fingerprint density at radius 2 is 1.63 bits per heavy atom. The molecular weight excluding hydrogens is 234 g/mol. The number of aromatic hydroxyl groups is 1. The number of fused-ring (bicyclic) bond motifs is 1. The molecule has 94 valence electrons. The molecule has 3 aromatic rings. The summed E-state index contributed by atoms with van der Waals surface area (Å²) in [6, 6.07) is 19.7. The quantitative estimate of drug-likeness (QED) is 0.695. The van der Waals surface area contributed by atoms with Gasteiger partial charge in [0.05, 0.1) is 0 Å². The summed E-state index contributed by atoms with van der Waals surface area (Å²) in [5, 5.41) is 15.1. The van der Waals surface area contributed by atoms with E-state index in [1.807, 2.05) is 30.3 Å². The number of phenolic OH excluding ortho intramolecular Hbond substituents is 1. The van der Waals surface area contributed by atoms with E-state index < -0.39 is 0 Å². The van der Waals surface area contributed by atoms with E-state index in [4.69, 9.17) is 0 Å². The van der Waals surface area contributed by atoms with Gasteiger partial charge in [-0.15, -0.1) is 0 Å². The zero-order valence-corrected chi connectivity index (χ0v) is 10.7. The maximum atomic E-state index is 9.53. The lowest BCUT2D eigenvalue weighted by Crippen LogP contribution is -1.92. The highest BCUT2D eigenvalue weighted by Crippen LogP contribution is 2.26. The van der Waals surface area contributed by atoms with Crippen LogP contribution in [0.15, 0.2) is 60.7 Å². The van der Waals surface area contributed by atoms with Crippen LogP contribution in [0.25, 0.3) is 10.8 Å². The SMILES string of the molecule is Cc1ccccc1Nc1ccc2ccc(O)cc2c1. The maximum Gasteiger partial charge on any atom is 0.116 e. The normalized spacial score (nSPS) is 10.6. The fraction of sp³-hybridized carbons (Fsp3) is 0.0588. The highest BCUT2D eigenvalue weighted by Gasteiger charge is 2.00. The molecule has 3 rings (SSSR count). The topological polar surface area (TPSA) is 32.3 Å². The Hall–Kier alpha value is -2.48. The van der Waals surface area contributed by atoms with E-state index >= 15 is 0 Å². The Labute approximate surface area is 112 Å². The fourth-order valence-corrected chi connectivity index (χ4v) is 2.18. The van der Waals surface area contributed by atoms with Crippen LogP contribution in [-0.4, -0.2) is 5.11 Å². The van der Waals surface area contributed by atoms with Crippen molar-refractivity contribution in [2.24, 2.45) is 0 Å². The molecule has 0 fully saturated rings. The standard InChI is InChI=1S/C17H15NO/c1-12-4-2-3-5-17(12)18-15-8-6-13-7-9-16(19)11-14(13)10-15/h2-11,18-19H,1H3. The van der Waals surface area contributed by atoms with Crippen molar-refractivity contribution < 1.29 is 5.11 Å². The Balaban J connectivity index is 2.00. The van der Waals surface area contributed by atoms with Gasteiger partial charge in [0.1, 0.15) is 5.75 Å². The predicted molar refractivity (Wildman–Crippen MR) is 80.1 cm³/mol. The van der Waals surface area contributed by atoms with Gasteiger partial charge in [0.2, 0.25) is 0 Å². The molecule has 0 heterocycles. The summed E-state index contributed by atoms with van der Waals surface area (Å²) in [5.74, 6) is 0.292. The van der Waals surface area contributed by atoms with Crippen LogP contribution < -0.4 is 5.32 Å². The molecule has 0 amide bonds. The van der Waals surface area contributed by atoms with Crippen molar-refractivity contribution in [3.8, 4) is 5.75 Å². The van der Waals surface area contributed by atoms with Crippen molar-refractivity contribution in [3.63, 3.8) is 0 Å². The number of hydrogen-bond acceptors (Lipinski definition) is 2. The molecule has 0 atom stereocenters. The van der Waals surface area contributed by atoms with E-state index in [2.05, 4.69) is 30.4 Å². The lowest BCUT2D eigenvalue weighted by atomic mass is 10.1. The number of nitrogens with one attached hydrogen (secondary N) is 1. The Bertz CT molecular complexity index is 734. The largest absolute Gasteiger partial charge is 0.508 e. The summed E-state index contributed by atoms with van der Waals surface area (Å²) in [6.07, 6.45) is 0. The summed E-state index contributed by atoms with van der Waals surface area (Å²) < 4.78 is 0. The lowest BCUT2D eigenvalue weighted by Gasteiger charge is -2.10. The van der Waals surface area contributed by atoms with E-state index in [9.17, 15) is 5.11 Å². The van der Waals surface area contributed by atoms with Crippen molar-refractivity contribution in [1.29, 1.82) is 0 Å². The molecule has 0 spiro atoms. The minimum atomic E-state index is 0.292. The molecule has 0 bridgehead atoms. The van der Waals surface area contributed by atoms with Crippen LogP contribution in [0.2, 0.25) is 0 Å². The van der Waals surface area contributed by atoms with E-state index in [1.54, 1.807) is 12.1 Å². The molecule has 19 heavy (non-hydrogen) atoms. The first-order valence-electron chi connectivity index (χ1n) is 6.28. The van der Waals surface area contributed by atoms with Gasteiger partial charge in [-0.3, -0.25) is 0 Å². The molecule has 0 aromatic heterocycles. The minimum absolute atomic E-state index is 0.292. The number of aryl methyl sites for hydroxylation is 1. The van der Waals surface area contributed by atoms with Crippen LogP contribution in [0.1, 0.15) is 5.56 Å². The molecule has 0 unspecified atom stereocenters. The number of rotatable bonds is 2. The Morgan fingerprint density at radius 1 is 0.842 bits per heavy atom. The van der Waals surface area contributed by atoms with E-state index in [-0.39, 0.29) is 0 Å². The molecule has 2 heteroatoms.